The molecule has 5 nitrogen and oxygen atoms in total. The Balaban J connectivity index is 1.54. The minimum Gasteiger partial charge on any atom is -0.497 e. The molecule has 4 aromatic rings. The number of aromatic nitrogens is 2. The standard InChI is InChI=1S/C27H24ClN3O2S2/c1-18-5-3-4-6-20(18)17-34-27-30-16-24(35-23-13-9-21(28)10-14-23)25(31-27)26(32)29-15-19-7-11-22(33-2)12-8-19/h3-14,16H,15,17H2,1-2H3,(H,29,32). The molecule has 0 radical (unpaired) electrons. The van der Waals surface area contributed by atoms with Gasteiger partial charge in [-0.25, -0.2) is 9.97 Å². The normalized spacial score (nSPS) is 10.7. The Kier molecular flexibility index (Phi) is 8.69. The average Bonchev–Trinajstić information content (AvgIpc) is 2.89. The third-order valence-electron chi connectivity index (χ3n) is 5.22. The third kappa shape index (κ3) is 7.01. The van der Waals surface area contributed by atoms with Gasteiger partial charge in [-0.3, -0.25) is 4.79 Å². The number of hydrogen-bond acceptors (Lipinski definition) is 6. The molecule has 1 heterocycles. The summed E-state index contributed by atoms with van der Waals surface area (Å²) in [6, 6.07) is 23.3. The van der Waals surface area contributed by atoms with Crippen molar-refractivity contribution in [1.29, 1.82) is 0 Å². The zero-order valence-corrected chi connectivity index (χ0v) is 21.7. The molecule has 0 atom stereocenters. The van der Waals surface area contributed by atoms with Crippen molar-refractivity contribution in [1.82, 2.24) is 15.3 Å². The molecule has 0 aliphatic rings. The van der Waals surface area contributed by atoms with Gasteiger partial charge in [-0.2, -0.15) is 0 Å². The van der Waals surface area contributed by atoms with Gasteiger partial charge in [0, 0.05) is 28.4 Å². The maximum Gasteiger partial charge on any atom is 0.271 e. The average molecular weight is 522 g/mol. The molecule has 0 unspecified atom stereocenters. The van der Waals surface area contributed by atoms with Crippen LogP contribution < -0.4 is 10.1 Å². The molecule has 0 bridgehead atoms. The number of benzene rings is 3. The fourth-order valence-electron chi connectivity index (χ4n) is 3.21. The lowest BCUT2D eigenvalue weighted by Crippen LogP contribution is -2.25. The number of methoxy groups -OCH3 is 1. The summed E-state index contributed by atoms with van der Waals surface area (Å²) in [5, 5.41) is 4.20. The number of hydrogen-bond donors (Lipinski definition) is 1. The summed E-state index contributed by atoms with van der Waals surface area (Å²) in [4.78, 5) is 24.0. The van der Waals surface area contributed by atoms with Crippen LogP contribution in [0.5, 0.6) is 5.75 Å². The Bertz CT molecular complexity index is 1300. The van der Waals surface area contributed by atoms with E-state index in [2.05, 4.69) is 34.3 Å². The molecule has 4 rings (SSSR count). The largest absolute Gasteiger partial charge is 0.497 e. The first-order chi connectivity index (χ1) is 17.0. The molecule has 0 saturated carbocycles. The van der Waals surface area contributed by atoms with E-state index in [9.17, 15) is 4.79 Å². The highest BCUT2D eigenvalue weighted by Crippen LogP contribution is 2.32. The Hall–Kier alpha value is -3.00. The minimum absolute atomic E-state index is 0.252. The smallest absolute Gasteiger partial charge is 0.271 e. The second-order valence-corrected chi connectivity index (χ2v) is 10.2. The first-order valence-electron chi connectivity index (χ1n) is 10.9. The Morgan fingerprint density at radius 3 is 2.49 bits per heavy atom. The maximum absolute atomic E-state index is 13.2. The monoisotopic (exact) mass is 521 g/mol. The summed E-state index contributed by atoms with van der Waals surface area (Å²) in [5.41, 5.74) is 3.74. The Morgan fingerprint density at radius 2 is 1.77 bits per heavy atom. The first kappa shape index (κ1) is 25.1. The van der Waals surface area contributed by atoms with Crippen molar-refractivity contribution >= 4 is 41.0 Å². The predicted molar refractivity (Wildman–Crippen MR) is 143 cm³/mol. The number of carbonyl (C=O) groups is 1. The summed E-state index contributed by atoms with van der Waals surface area (Å²) in [6.07, 6.45) is 1.72. The summed E-state index contributed by atoms with van der Waals surface area (Å²) < 4.78 is 5.20. The molecule has 1 aromatic heterocycles. The highest BCUT2D eigenvalue weighted by molar-refractivity contribution is 7.99. The van der Waals surface area contributed by atoms with E-state index in [0.717, 1.165) is 22.0 Å². The van der Waals surface area contributed by atoms with E-state index in [4.69, 9.17) is 16.3 Å². The van der Waals surface area contributed by atoms with Crippen LogP contribution in [0.15, 0.2) is 93.9 Å². The zero-order valence-electron chi connectivity index (χ0n) is 19.3. The Morgan fingerprint density at radius 1 is 1.03 bits per heavy atom. The van der Waals surface area contributed by atoms with Gasteiger partial charge in [-0.15, -0.1) is 0 Å². The highest BCUT2D eigenvalue weighted by Gasteiger charge is 2.17. The van der Waals surface area contributed by atoms with Gasteiger partial charge in [0.05, 0.1) is 12.0 Å². The molecule has 0 aliphatic heterocycles. The van der Waals surface area contributed by atoms with Gasteiger partial charge in [0.1, 0.15) is 11.4 Å². The molecule has 0 fully saturated rings. The van der Waals surface area contributed by atoms with Crippen LogP contribution in [0, 0.1) is 6.92 Å². The van der Waals surface area contributed by atoms with Gasteiger partial charge in [0.25, 0.3) is 5.91 Å². The van der Waals surface area contributed by atoms with Crippen molar-refractivity contribution < 1.29 is 9.53 Å². The number of amides is 1. The fourth-order valence-corrected chi connectivity index (χ4v) is 5.10. The van der Waals surface area contributed by atoms with E-state index < -0.39 is 0 Å². The van der Waals surface area contributed by atoms with Crippen molar-refractivity contribution in [2.75, 3.05) is 7.11 Å². The molecule has 0 aliphatic carbocycles. The van der Waals surface area contributed by atoms with Crippen molar-refractivity contribution in [2.45, 2.75) is 34.2 Å². The van der Waals surface area contributed by atoms with Crippen LogP contribution >= 0.6 is 35.1 Å². The molecule has 178 valence electrons. The summed E-state index contributed by atoms with van der Waals surface area (Å²) in [7, 11) is 1.63. The molecule has 8 heteroatoms. The van der Waals surface area contributed by atoms with Gasteiger partial charge in [-0.1, -0.05) is 71.5 Å². The topological polar surface area (TPSA) is 64.1 Å². The number of rotatable bonds is 9. The fraction of sp³-hybridized carbons (Fsp3) is 0.148. The highest BCUT2D eigenvalue weighted by atomic mass is 35.5. The molecule has 1 N–H and O–H groups in total. The van der Waals surface area contributed by atoms with Crippen molar-refractivity contribution in [3.05, 3.63) is 106 Å². The third-order valence-corrected chi connectivity index (χ3v) is 7.41. The predicted octanol–water partition coefficient (Wildman–Crippen LogP) is 6.82. The van der Waals surface area contributed by atoms with Crippen LogP contribution in [0.2, 0.25) is 5.02 Å². The van der Waals surface area contributed by atoms with E-state index in [0.29, 0.717) is 27.3 Å². The zero-order chi connectivity index (χ0) is 24.6. The van der Waals surface area contributed by atoms with Gasteiger partial charge in [0.2, 0.25) is 0 Å². The van der Waals surface area contributed by atoms with Crippen LogP contribution in [0.25, 0.3) is 0 Å². The van der Waals surface area contributed by atoms with E-state index >= 15 is 0 Å². The van der Waals surface area contributed by atoms with E-state index in [1.54, 1.807) is 13.3 Å². The van der Waals surface area contributed by atoms with E-state index in [1.807, 2.05) is 60.7 Å². The van der Waals surface area contributed by atoms with Crippen molar-refractivity contribution in [3.8, 4) is 5.75 Å². The lowest BCUT2D eigenvalue weighted by molar-refractivity contribution is 0.0941. The minimum atomic E-state index is -0.252. The van der Waals surface area contributed by atoms with Crippen LogP contribution in [0.4, 0.5) is 0 Å². The summed E-state index contributed by atoms with van der Waals surface area (Å²) >= 11 is 8.97. The number of halogens is 1. The quantitative estimate of drug-likeness (QED) is 0.192. The number of ether oxygens (including phenoxy) is 1. The SMILES string of the molecule is COc1ccc(CNC(=O)c2nc(SCc3ccccc3C)ncc2Sc2ccc(Cl)cc2)cc1. The summed E-state index contributed by atoms with van der Waals surface area (Å²) in [5.74, 6) is 1.24. The van der Waals surface area contributed by atoms with Crippen LogP contribution in [-0.2, 0) is 12.3 Å². The number of nitrogens with one attached hydrogen (secondary N) is 1. The van der Waals surface area contributed by atoms with Crippen molar-refractivity contribution in [3.63, 3.8) is 0 Å². The number of aryl methyl sites for hydroxylation is 1. The molecular formula is C27H24ClN3O2S2. The maximum atomic E-state index is 13.2. The lowest BCUT2D eigenvalue weighted by Gasteiger charge is -2.11. The molecule has 0 saturated heterocycles. The van der Waals surface area contributed by atoms with Crippen LogP contribution in [-0.4, -0.2) is 23.0 Å². The number of carbonyl (C=O) groups excluding carboxylic acids is 1. The lowest BCUT2D eigenvalue weighted by atomic mass is 10.1. The molecule has 1 amide bonds. The Labute approximate surface area is 218 Å². The van der Waals surface area contributed by atoms with Gasteiger partial charge < -0.3 is 10.1 Å². The second kappa shape index (κ2) is 12.1. The molecule has 35 heavy (non-hydrogen) atoms. The van der Waals surface area contributed by atoms with Gasteiger partial charge in [-0.05, 0) is 60.0 Å². The second-order valence-electron chi connectivity index (χ2n) is 7.67. The molecular weight excluding hydrogens is 498 g/mol. The first-order valence-corrected chi connectivity index (χ1v) is 13.1. The van der Waals surface area contributed by atoms with E-state index in [-0.39, 0.29) is 5.91 Å². The van der Waals surface area contributed by atoms with Gasteiger partial charge >= 0.3 is 0 Å². The summed E-state index contributed by atoms with van der Waals surface area (Å²) in [6.45, 7) is 2.46. The van der Waals surface area contributed by atoms with Crippen LogP contribution in [0.3, 0.4) is 0 Å². The number of thioether (sulfide) groups is 1. The van der Waals surface area contributed by atoms with Crippen molar-refractivity contribution in [2.24, 2.45) is 0 Å². The van der Waals surface area contributed by atoms with E-state index in [1.165, 1.54) is 34.7 Å². The number of nitrogens with zero attached hydrogens (tertiary/aromatic N) is 2. The van der Waals surface area contributed by atoms with Crippen LogP contribution in [0.1, 0.15) is 27.2 Å². The molecule has 3 aromatic carbocycles. The molecule has 0 spiro atoms. The van der Waals surface area contributed by atoms with Gasteiger partial charge in [0.15, 0.2) is 5.16 Å².